The summed E-state index contributed by atoms with van der Waals surface area (Å²) in [5.74, 6) is 2.39. The van der Waals surface area contributed by atoms with Crippen LogP contribution in [0.1, 0.15) is 0 Å². The standard InChI is InChI=1S/C52H30N6OS/c1-2-13-31(14-3-1)49-54-50(40-19-12-18-39-36-17-6-11-24-45(36)60-48(39)40)56-52(55-49)58-43-22-9-5-16-35(43)38-30-29-37-34-15-4-8-21-42(34)57(46(37)47(38)58)33-27-25-32(26-28-33)51-53-41-20-7-10-23-44(41)59-51/h1-30H. The number of para-hydroxylation sites is 4. The van der Waals surface area contributed by atoms with Crippen LogP contribution < -0.4 is 0 Å². The lowest BCUT2D eigenvalue weighted by molar-refractivity contribution is 0.620. The lowest BCUT2D eigenvalue weighted by Crippen LogP contribution is -2.07. The third-order valence-electron chi connectivity index (χ3n) is 11.6. The summed E-state index contributed by atoms with van der Waals surface area (Å²) in [6.45, 7) is 0. The van der Waals surface area contributed by atoms with Gasteiger partial charge in [-0.15, -0.1) is 11.3 Å². The molecule has 0 aliphatic rings. The second-order valence-electron chi connectivity index (χ2n) is 15.0. The third kappa shape index (κ3) is 4.88. The van der Waals surface area contributed by atoms with E-state index >= 15 is 0 Å². The summed E-state index contributed by atoms with van der Waals surface area (Å²) < 4.78 is 13.2. The fourth-order valence-corrected chi connectivity index (χ4v) is 10.2. The van der Waals surface area contributed by atoms with E-state index < -0.39 is 0 Å². The van der Waals surface area contributed by atoms with Gasteiger partial charge in [0.25, 0.3) is 0 Å². The van der Waals surface area contributed by atoms with Gasteiger partial charge in [0, 0.05) is 64.1 Å². The maximum Gasteiger partial charge on any atom is 0.238 e. The van der Waals surface area contributed by atoms with E-state index in [4.69, 9.17) is 24.4 Å². The van der Waals surface area contributed by atoms with Crippen molar-refractivity contribution < 1.29 is 4.42 Å². The van der Waals surface area contributed by atoms with Crippen molar-refractivity contribution in [3.8, 4) is 45.9 Å². The number of rotatable bonds is 5. The molecule has 0 fully saturated rings. The second kappa shape index (κ2) is 12.8. The van der Waals surface area contributed by atoms with Crippen molar-refractivity contribution in [2.45, 2.75) is 0 Å². The topological polar surface area (TPSA) is 74.6 Å². The summed E-state index contributed by atoms with van der Waals surface area (Å²) >= 11 is 1.78. The number of oxazole rings is 1. The van der Waals surface area contributed by atoms with Crippen molar-refractivity contribution in [2.24, 2.45) is 0 Å². The normalized spacial score (nSPS) is 12.0. The SMILES string of the molecule is c1ccc(-c2nc(-c3cccc4c3sc3ccccc34)nc(-n3c4ccccc4c4ccc5c6ccccc6n(-c6ccc(-c7nc8ccccc8o7)cc6)c5c43)n2)cc1. The van der Waals surface area contributed by atoms with E-state index in [9.17, 15) is 0 Å². The van der Waals surface area contributed by atoms with Crippen LogP contribution in [0.5, 0.6) is 0 Å². The Labute approximate surface area is 346 Å². The van der Waals surface area contributed by atoms with E-state index in [2.05, 4.69) is 149 Å². The number of aromatic nitrogens is 6. The quantitative estimate of drug-likeness (QED) is 0.174. The summed E-state index contributed by atoms with van der Waals surface area (Å²) in [7, 11) is 0. The van der Waals surface area contributed by atoms with Crippen LogP contribution in [-0.2, 0) is 0 Å². The number of hydrogen-bond acceptors (Lipinski definition) is 6. The van der Waals surface area contributed by atoms with Gasteiger partial charge in [0.2, 0.25) is 11.8 Å². The van der Waals surface area contributed by atoms with E-state index in [1.807, 2.05) is 42.5 Å². The molecule has 0 aliphatic carbocycles. The van der Waals surface area contributed by atoms with Gasteiger partial charge in [-0.1, -0.05) is 121 Å². The number of fused-ring (bicyclic) bond motifs is 11. The molecule has 0 saturated carbocycles. The molecule has 0 radical (unpaired) electrons. The van der Waals surface area contributed by atoms with Crippen LogP contribution in [0.25, 0.3) is 121 Å². The monoisotopic (exact) mass is 786 g/mol. The first-order valence-corrected chi connectivity index (χ1v) is 20.7. The van der Waals surface area contributed by atoms with Gasteiger partial charge in [0.05, 0.1) is 22.1 Å². The Morgan fingerprint density at radius 1 is 0.417 bits per heavy atom. The Morgan fingerprint density at radius 2 is 1.05 bits per heavy atom. The van der Waals surface area contributed by atoms with E-state index in [1.54, 1.807) is 11.3 Å². The molecule has 0 unspecified atom stereocenters. The lowest BCUT2D eigenvalue weighted by atomic mass is 10.1. The lowest BCUT2D eigenvalue weighted by Gasteiger charge is -2.13. The van der Waals surface area contributed by atoms with Crippen LogP contribution in [0, 0.1) is 0 Å². The Kier molecular flexibility index (Phi) is 7.05. The van der Waals surface area contributed by atoms with Gasteiger partial charge >= 0.3 is 0 Å². The highest BCUT2D eigenvalue weighted by molar-refractivity contribution is 7.26. The average Bonchev–Trinajstić information content (AvgIpc) is 4.09. The van der Waals surface area contributed by atoms with Crippen molar-refractivity contribution >= 4 is 86.2 Å². The first kappa shape index (κ1) is 33.1. The number of hydrogen-bond donors (Lipinski definition) is 0. The first-order chi connectivity index (χ1) is 29.7. The highest BCUT2D eigenvalue weighted by Gasteiger charge is 2.24. The zero-order valence-electron chi connectivity index (χ0n) is 31.8. The molecule has 8 heteroatoms. The molecule has 13 rings (SSSR count). The summed E-state index contributed by atoms with van der Waals surface area (Å²) in [5, 5.41) is 6.95. The highest BCUT2D eigenvalue weighted by atomic mass is 32.1. The van der Waals surface area contributed by atoms with Gasteiger partial charge in [-0.3, -0.25) is 4.57 Å². The molecular formula is C52H30N6OS. The minimum atomic E-state index is 0.554. The van der Waals surface area contributed by atoms with Gasteiger partial charge in [-0.25, -0.2) is 9.97 Å². The van der Waals surface area contributed by atoms with Crippen molar-refractivity contribution in [3.63, 3.8) is 0 Å². The Bertz CT molecular complexity index is 3810. The van der Waals surface area contributed by atoms with E-state index in [0.29, 0.717) is 23.5 Å². The summed E-state index contributed by atoms with van der Waals surface area (Å²) in [4.78, 5) is 20.8. The zero-order chi connectivity index (χ0) is 39.3. The zero-order valence-corrected chi connectivity index (χ0v) is 32.6. The number of nitrogens with zero attached hydrogens (tertiary/aromatic N) is 6. The molecule has 0 amide bonds. The van der Waals surface area contributed by atoms with Gasteiger partial charge in [-0.05, 0) is 60.7 Å². The molecule has 60 heavy (non-hydrogen) atoms. The molecule has 0 N–H and O–H groups in total. The summed E-state index contributed by atoms with van der Waals surface area (Å²) in [6, 6.07) is 63.3. The Hall–Kier alpha value is -7.94. The van der Waals surface area contributed by atoms with Crippen molar-refractivity contribution in [1.29, 1.82) is 0 Å². The predicted molar refractivity (Wildman–Crippen MR) is 245 cm³/mol. The van der Waals surface area contributed by atoms with E-state index in [1.165, 1.54) is 15.5 Å². The first-order valence-electron chi connectivity index (χ1n) is 19.9. The largest absolute Gasteiger partial charge is 0.436 e. The van der Waals surface area contributed by atoms with Gasteiger partial charge in [0.1, 0.15) is 5.52 Å². The van der Waals surface area contributed by atoms with Crippen molar-refractivity contribution in [2.75, 3.05) is 0 Å². The maximum atomic E-state index is 6.16. The molecule has 8 aromatic carbocycles. The van der Waals surface area contributed by atoms with Crippen LogP contribution in [0.2, 0.25) is 0 Å². The van der Waals surface area contributed by atoms with Gasteiger partial charge in [0.15, 0.2) is 17.2 Å². The van der Waals surface area contributed by atoms with Crippen molar-refractivity contribution in [3.05, 3.63) is 182 Å². The van der Waals surface area contributed by atoms with Gasteiger partial charge < -0.3 is 8.98 Å². The molecule has 280 valence electrons. The second-order valence-corrected chi connectivity index (χ2v) is 16.1. The van der Waals surface area contributed by atoms with Crippen LogP contribution in [0.4, 0.5) is 0 Å². The average molecular weight is 787 g/mol. The third-order valence-corrected chi connectivity index (χ3v) is 12.9. The Morgan fingerprint density at radius 3 is 1.83 bits per heavy atom. The van der Waals surface area contributed by atoms with Crippen LogP contribution >= 0.6 is 11.3 Å². The molecule has 0 aliphatic heterocycles. The molecule has 5 heterocycles. The minimum Gasteiger partial charge on any atom is -0.436 e. The Balaban J connectivity index is 1.11. The summed E-state index contributed by atoms with van der Waals surface area (Å²) in [5.41, 5.74) is 9.64. The summed E-state index contributed by atoms with van der Waals surface area (Å²) in [6.07, 6.45) is 0. The van der Waals surface area contributed by atoms with Gasteiger partial charge in [-0.2, -0.15) is 9.97 Å². The number of thiophene rings is 1. The fourth-order valence-electron chi connectivity index (χ4n) is 8.95. The maximum absolute atomic E-state index is 6.16. The molecule has 0 bridgehead atoms. The minimum absolute atomic E-state index is 0.554. The van der Waals surface area contributed by atoms with E-state index in [-0.39, 0.29) is 0 Å². The van der Waals surface area contributed by atoms with Crippen LogP contribution in [-0.4, -0.2) is 29.1 Å². The van der Waals surface area contributed by atoms with Crippen LogP contribution in [0.15, 0.2) is 186 Å². The van der Waals surface area contributed by atoms with E-state index in [0.717, 1.165) is 81.8 Å². The smallest absolute Gasteiger partial charge is 0.238 e. The molecule has 13 aromatic rings. The fraction of sp³-hybridized carbons (Fsp3) is 0. The molecule has 0 atom stereocenters. The van der Waals surface area contributed by atoms with Crippen molar-refractivity contribution in [1.82, 2.24) is 29.1 Å². The molecule has 5 aromatic heterocycles. The predicted octanol–water partition coefficient (Wildman–Crippen LogP) is 13.6. The molecule has 0 saturated heterocycles. The molecular weight excluding hydrogens is 757 g/mol. The molecule has 7 nitrogen and oxygen atoms in total. The molecule has 0 spiro atoms. The highest BCUT2D eigenvalue weighted by Crippen LogP contribution is 2.43. The number of benzene rings is 8. The van der Waals surface area contributed by atoms with Crippen LogP contribution in [0.3, 0.4) is 0 Å².